The molecule has 1 amide bonds. The summed E-state index contributed by atoms with van der Waals surface area (Å²) in [6, 6.07) is 13.1. The van der Waals surface area contributed by atoms with Crippen molar-refractivity contribution in [1.82, 2.24) is 5.32 Å². The summed E-state index contributed by atoms with van der Waals surface area (Å²) in [5.74, 6) is 0.517. The van der Waals surface area contributed by atoms with Gasteiger partial charge in [0, 0.05) is 12.5 Å². The number of carbonyl (C=O) groups excluding carboxylic acids is 1. The summed E-state index contributed by atoms with van der Waals surface area (Å²) in [5, 5.41) is 3.84. The van der Waals surface area contributed by atoms with Crippen LogP contribution in [0, 0.1) is 0 Å². The number of benzene rings is 1. The lowest BCUT2D eigenvalue weighted by Crippen LogP contribution is -2.28. The van der Waals surface area contributed by atoms with Gasteiger partial charge in [-0.1, -0.05) is 29.8 Å². The first kappa shape index (κ1) is 15.1. The Bertz CT molecular complexity index is 762. The molecule has 0 fully saturated rings. The Kier molecular flexibility index (Phi) is 4.47. The number of para-hydroxylation sites is 1. The lowest BCUT2D eigenvalue weighted by Gasteiger charge is -2.13. The van der Waals surface area contributed by atoms with E-state index in [-0.39, 0.29) is 12.0 Å². The molecular formula is C16H14ClNO3S. The second-order valence-electron chi connectivity index (χ2n) is 4.72. The monoisotopic (exact) mass is 335 g/mol. The Hall–Kier alpha value is -1.82. The van der Waals surface area contributed by atoms with Crippen molar-refractivity contribution in [2.75, 3.05) is 13.7 Å². The molecule has 1 N–H and O–H groups in total. The molecule has 2 heterocycles. The number of rotatable bonds is 5. The van der Waals surface area contributed by atoms with Crippen LogP contribution in [0.15, 0.2) is 46.9 Å². The summed E-state index contributed by atoms with van der Waals surface area (Å²) < 4.78 is 11.8. The Morgan fingerprint density at radius 1 is 1.36 bits per heavy atom. The van der Waals surface area contributed by atoms with Crippen LogP contribution in [0.25, 0.3) is 11.0 Å². The number of nitrogens with one attached hydrogen (secondary N) is 1. The molecule has 114 valence electrons. The standard InChI is InChI=1S/C16H14ClNO3S/c1-20-13(9-18-16(19)14-6-7-15(17)22-14)12-8-10-4-2-3-5-11(10)21-12/h2-8,13H,9H2,1H3,(H,18,19)/t13-/m1/s1. The molecule has 1 atom stereocenters. The van der Waals surface area contributed by atoms with Gasteiger partial charge in [-0.3, -0.25) is 4.79 Å². The van der Waals surface area contributed by atoms with E-state index < -0.39 is 0 Å². The highest BCUT2D eigenvalue weighted by atomic mass is 35.5. The maximum absolute atomic E-state index is 12.0. The van der Waals surface area contributed by atoms with Gasteiger partial charge in [0.1, 0.15) is 17.4 Å². The number of hydrogen-bond acceptors (Lipinski definition) is 4. The summed E-state index contributed by atoms with van der Waals surface area (Å²) in [6.45, 7) is 0.324. The molecule has 0 saturated heterocycles. The maximum Gasteiger partial charge on any atom is 0.261 e. The van der Waals surface area contributed by atoms with Crippen LogP contribution in [-0.2, 0) is 4.74 Å². The van der Waals surface area contributed by atoms with Crippen molar-refractivity contribution in [3.8, 4) is 0 Å². The number of ether oxygens (including phenoxy) is 1. The van der Waals surface area contributed by atoms with E-state index in [4.69, 9.17) is 20.8 Å². The molecule has 0 radical (unpaired) electrons. The van der Waals surface area contributed by atoms with Crippen LogP contribution in [0.5, 0.6) is 0 Å². The van der Waals surface area contributed by atoms with Gasteiger partial charge in [0.2, 0.25) is 0 Å². The minimum Gasteiger partial charge on any atom is -0.458 e. The van der Waals surface area contributed by atoms with Crippen molar-refractivity contribution in [2.24, 2.45) is 0 Å². The molecule has 2 aromatic heterocycles. The van der Waals surface area contributed by atoms with Gasteiger partial charge in [-0.25, -0.2) is 0 Å². The molecule has 0 aliphatic carbocycles. The molecule has 22 heavy (non-hydrogen) atoms. The molecule has 1 aromatic carbocycles. The molecule has 3 aromatic rings. The van der Waals surface area contributed by atoms with Crippen LogP contribution >= 0.6 is 22.9 Å². The fourth-order valence-electron chi connectivity index (χ4n) is 2.17. The van der Waals surface area contributed by atoms with Crippen molar-refractivity contribution in [3.63, 3.8) is 0 Å². The number of hydrogen-bond donors (Lipinski definition) is 1. The van der Waals surface area contributed by atoms with Crippen LogP contribution in [0.3, 0.4) is 0 Å². The third-order valence-corrected chi connectivity index (χ3v) is 4.52. The average molecular weight is 336 g/mol. The number of thiophene rings is 1. The Balaban J connectivity index is 1.70. The van der Waals surface area contributed by atoms with Crippen LogP contribution in [-0.4, -0.2) is 19.6 Å². The molecule has 0 saturated carbocycles. The van der Waals surface area contributed by atoms with Gasteiger partial charge in [0.25, 0.3) is 5.91 Å². The van der Waals surface area contributed by atoms with Gasteiger partial charge in [-0.15, -0.1) is 11.3 Å². The first-order valence-corrected chi connectivity index (χ1v) is 7.91. The molecule has 0 spiro atoms. The number of carbonyl (C=O) groups is 1. The van der Waals surface area contributed by atoms with Gasteiger partial charge >= 0.3 is 0 Å². The van der Waals surface area contributed by atoms with Gasteiger partial charge in [0.05, 0.1) is 15.8 Å². The minimum absolute atomic E-state index is 0.171. The minimum atomic E-state index is -0.341. The van der Waals surface area contributed by atoms with Gasteiger partial charge in [-0.05, 0) is 24.3 Å². The third kappa shape index (κ3) is 3.16. The Morgan fingerprint density at radius 3 is 2.86 bits per heavy atom. The summed E-state index contributed by atoms with van der Waals surface area (Å²) in [5.41, 5.74) is 0.802. The van der Waals surface area contributed by atoms with E-state index >= 15 is 0 Å². The van der Waals surface area contributed by atoms with Crippen molar-refractivity contribution >= 4 is 39.8 Å². The lowest BCUT2D eigenvalue weighted by molar-refractivity contribution is 0.0749. The Labute approximate surface area is 136 Å². The molecule has 0 aliphatic heterocycles. The van der Waals surface area contributed by atoms with Gasteiger partial charge in [0.15, 0.2) is 0 Å². The summed E-state index contributed by atoms with van der Waals surface area (Å²) >= 11 is 7.08. The van der Waals surface area contributed by atoms with E-state index in [1.54, 1.807) is 19.2 Å². The maximum atomic E-state index is 12.0. The summed E-state index contributed by atoms with van der Waals surface area (Å²) in [4.78, 5) is 12.6. The van der Waals surface area contributed by atoms with Crippen molar-refractivity contribution in [1.29, 1.82) is 0 Å². The van der Waals surface area contributed by atoms with E-state index in [9.17, 15) is 4.79 Å². The van der Waals surface area contributed by atoms with Crippen molar-refractivity contribution < 1.29 is 13.9 Å². The smallest absolute Gasteiger partial charge is 0.261 e. The predicted molar refractivity (Wildman–Crippen MR) is 87.6 cm³/mol. The van der Waals surface area contributed by atoms with Crippen LogP contribution in [0.4, 0.5) is 0 Å². The second kappa shape index (κ2) is 6.52. The van der Waals surface area contributed by atoms with E-state index in [0.29, 0.717) is 21.5 Å². The SMILES string of the molecule is CO[C@H](CNC(=O)c1ccc(Cl)s1)c1cc2ccccc2o1. The van der Waals surface area contributed by atoms with Crippen molar-refractivity contribution in [3.05, 3.63) is 57.4 Å². The number of methoxy groups -OCH3 is 1. The molecule has 0 aliphatic rings. The quantitative estimate of drug-likeness (QED) is 0.757. The summed E-state index contributed by atoms with van der Waals surface area (Å²) in [6.07, 6.45) is -0.341. The fourth-order valence-corrected chi connectivity index (χ4v) is 3.13. The number of fused-ring (bicyclic) bond motifs is 1. The van der Waals surface area contributed by atoms with Gasteiger partial charge in [-0.2, -0.15) is 0 Å². The topological polar surface area (TPSA) is 51.5 Å². The Morgan fingerprint density at radius 2 is 2.18 bits per heavy atom. The number of furan rings is 1. The zero-order valence-corrected chi connectivity index (χ0v) is 13.4. The normalized spacial score (nSPS) is 12.5. The fraction of sp³-hybridized carbons (Fsp3) is 0.188. The van der Waals surface area contributed by atoms with Gasteiger partial charge < -0.3 is 14.5 Å². The van der Waals surface area contributed by atoms with E-state index in [1.165, 1.54) is 11.3 Å². The van der Waals surface area contributed by atoms with Crippen LogP contribution in [0.2, 0.25) is 4.34 Å². The highest BCUT2D eigenvalue weighted by Gasteiger charge is 2.18. The molecule has 0 bridgehead atoms. The second-order valence-corrected chi connectivity index (χ2v) is 6.44. The van der Waals surface area contributed by atoms with E-state index in [1.807, 2.05) is 30.3 Å². The van der Waals surface area contributed by atoms with E-state index in [2.05, 4.69) is 5.32 Å². The summed E-state index contributed by atoms with van der Waals surface area (Å²) in [7, 11) is 1.59. The highest BCUT2D eigenvalue weighted by Crippen LogP contribution is 2.26. The first-order chi connectivity index (χ1) is 10.7. The van der Waals surface area contributed by atoms with Crippen LogP contribution in [0.1, 0.15) is 21.5 Å². The highest BCUT2D eigenvalue weighted by molar-refractivity contribution is 7.17. The first-order valence-electron chi connectivity index (χ1n) is 6.72. The lowest BCUT2D eigenvalue weighted by atomic mass is 10.2. The van der Waals surface area contributed by atoms with Crippen LogP contribution < -0.4 is 5.32 Å². The largest absolute Gasteiger partial charge is 0.458 e. The van der Waals surface area contributed by atoms with E-state index in [0.717, 1.165) is 11.0 Å². The molecule has 0 unspecified atom stereocenters. The molecule has 6 heteroatoms. The average Bonchev–Trinajstić information content (AvgIpc) is 3.13. The van der Waals surface area contributed by atoms with Crippen molar-refractivity contribution in [2.45, 2.75) is 6.10 Å². The predicted octanol–water partition coefficient (Wildman–Crippen LogP) is 4.27. The number of halogens is 1. The molecule has 3 rings (SSSR count). The zero-order valence-electron chi connectivity index (χ0n) is 11.8. The molecular weight excluding hydrogens is 322 g/mol. The molecule has 4 nitrogen and oxygen atoms in total. The number of amides is 1. The third-order valence-electron chi connectivity index (χ3n) is 3.29. The zero-order chi connectivity index (χ0) is 15.5.